The molecule has 11 heteroatoms. The quantitative estimate of drug-likeness (QED) is 0.264. The molecule has 1 aromatic heterocycles. The zero-order chi connectivity index (χ0) is 27.9. The fourth-order valence-electron chi connectivity index (χ4n) is 4.43. The van der Waals surface area contributed by atoms with Crippen molar-refractivity contribution in [1.82, 2.24) is 15.1 Å². The maximum absolute atomic E-state index is 13.6. The van der Waals surface area contributed by atoms with Crippen LogP contribution in [0.15, 0.2) is 81.9 Å². The SMILES string of the molecule is O=C(N/C(=C/c1ccc(SC(=S)N2CCOCC2)o1)C(=O)N1CCN(c2ccc(F)cc2)CC1)c1ccccc1. The second kappa shape index (κ2) is 13.1. The van der Waals surface area contributed by atoms with Gasteiger partial charge < -0.3 is 29.2 Å². The van der Waals surface area contributed by atoms with E-state index in [1.807, 2.05) is 6.07 Å². The van der Waals surface area contributed by atoms with Gasteiger partial charge in [-0.2, -0.15) is 0 Å². The summed E-state index contributed by atoms with van der Waals surface area (Å²) in [6, 6.07) is 18.6. The number of morpholine rings is 1. The molecule has 3 aromatic rings. The highest BCUT2D eigenvalue weighted by Gasteiger charge is 2.26. The number of thiocarbonyl (C=S) groups is 1. The van der Waals surface area contributed by atoms with Crippen LogP contribution in [0.5, 0.6) is 0 Å². The van der Waals surface area contributed by atoms with Gasteiger partial charge in [-0.3, -0.25) is 9.59 Å². The third kappa shape index (κ3) is 7.09. The number of nitrogens with one attached hydrogen (secondary N) is 1. The lowest BCUT2D eigenvalue weighted by atomic mass is 10.2. The van der Waals surface area contributed by atoms with Crippen LogP contribution in [0.3, 0.4) is 0 Å². The summed E-state index contributed by atoms with van der Waals surface area (Å²) in [5.41, 5.74) is 1.46. The van der Waals surface area contributed by atoms with Gasteiger partial charge in [-0.1, -0.05) is 30.4 Å². The number of ether oxygens (including phenoxy) is 1. The van der Waals surface area contributed by atoms with Gasteiger partial charge in [0.1, 0.15) is 21.6 Å². The van der Waals surface area contributed by atoms with E-state index in [1.165, 1.54) is 23.9 Å². The lowest BCUT2D eigenvalue weighted by Crippen LogP contribution is -2.50. The number of amides is 2. The number of thioether (sulfide) groups is 1. The number of carbonyl (C=O) groups excluding carboxylic acids is 2. The molecule has 0 atom stereocenters. The Morgan fingerprint density at radius 2 is 1.57 bits per heavy atom. The molecule has 2 fully saturated rings. The highest BCUT2D eigenvalue weighted by molar-refractivity contribution is 8.22. The molecule has 0 bridgehead atoms. The fourth-order valence-corrected chi connectivity index (χ4v) is 5.62. The van der Waals surface area contributed by atoms with Crippen LogP contribution in [-0.4, -0.2) is 78.4 Å². The third-order valence-electron chi connectivity index (χ3n) is 6.62. The van der Waals surface area contributed by atoms with Crippen LogP contribution in [0.2, 0.25) is 0 Å². The first-order valence-corrected chi connectivity index (χ1v) is 14.2. The molecule has 3 heterocycles. The lowest BCUT2D eigenvalue weighted by Gasteiger charge is -2.36. The van der Waals surface area contributed by atoms with E-state index in [0.29, 0.717) is 60.1 Å². The van der Waals surface area contributed by atoms with Crippen LogP contribution in [0.1, 0.15) is 16.1 Å². The molecular formula is C29H29FN4O4S2. The van der Waals surface area contributed by atoms with Gasteiger partial charge in [0.15, 0.2) is 5.09 Å². The van der Waals surface area contributed by atoms with E-state index < -0.39 is 0 Å². The predicted octanol–water partition coefficient (Wildman–Crippen LogP) is 4.25. The molecular weight excluding hydrogens is 551 g/mol. The topological polar surface area (TPSA) is 78.3 Å². The zero-order valence-corrected chi connectivity index (χ0v) is 23.4. The van der Waals surface area contributed by atoms with E-state index in [0.717, 1.165) is 18.8 Å². The molecule has 0 saturated carbocycles. The number of anilines is 1. The highest BCUT2D eigenvalue weighted by Crippen LogP contribution is 2.26. The number of nitrogens with zero attached hydrogens (tertiary/aromatic N) is 3. The van der Waals surface area contributed by atoms with E-state index in [4.69, 9.17) is 21.4 Å². The average Bonchev–Trinajstić information content (AvgIpc) is 3.44. The molecule has 40 heavy (non-hydrogen) atoms. The van der Waals surface area contributed by atoms with Crippen molar-refractivity contribution in [2.24, 2.45) is 0 Å². The number of benzene rings is 2. The van der Waals surface area contributed by atoms with Crippen LogP contribution < -0.4 is 10.2 Å². The van der Waals surface area contributed by atoms with Crippen LogP contribution in [0, 0.1) is 5.82 Å². The maximum atomic E-state index is 13.6. The number of carbonyl (C=O) groups is 2. The summed E-state index contributed by atoms with van der Waals surface area (Å²) >= 11 is 6.90. The van der Waals surface area contributed by atoms with Gasteiger partial charge in [-0.25, -0.2) is 4.39 Å². The number of halogens is 1. The first-order valence-electron chi connectivity index (χ1n) is 13.0. The van der Waals surface area contributed by atoms with Crippen LogP contribution in [0.4, 0.5) is 10.1 Å². The molecule has 0 unspecified atom stereocenters. The fraction of sp³-hybridized carbons (Fsp3) is 0.276. The van der Waals surface area contributed by atoms with Gasteiger partial charge in [-0.15, -0.1) is 0 Å². The Morgan fingerprint density at radius 1 is 0.875 bits per heavy atom. The molecule has 2 aliphatic heterocycles. The van der Waals surface area contributed by atoms with Crippen molar-refractivity contribution in [2.45, 2.75) is 5.09 Å². The van der Waals surface area contributed by atoms with Gasteiger partial charge in [0.05, 0.1) is 13.2 Å². The smallest absolute Gasteiger partial charge is 0.270 e. The van der Waals surface area contributed by atoms with Gasteiger partial charge in [0.25, 0.3) is 11.8 Å². The Morgan fingerprint density at radius 3 is 2.27 bits per heavy atom. The summed E-state index contributed by atoms with van der Waals surface area (Å²) in [5, 5.41) is 3.39. The van der Waals surface area contributed by atoms with Crippen molar-refractivity contribution in [1.29, 1.82) is 0 Å². The number of hydrogen-bond donors (Lipinski definition) is 1. The van der Waals surface area contributed by atoms with E-state index in [-0.39, 0.29) is 23.3 Å². The molecule has 0 aliphatic carbocycles. The molecule has 1 N–H and O–H groups in total. The van der Waals surface area contributed by atoms with E-state index >= 15 is 0 Å². The normalized spacial score (nSPS) is 16.1. The third-order valence-corrected chi connectivity index (χ3v) is 7.98. The van der Waals surface area contributed by atoms with Crippen LogP contribution in [-0.2, 0) is 9.53 Å². The number of hydrogen-bond acceptors (Lipinski definition) is 7. The highest BCUT2D eigenvalue weighted by atomic mass is 32.2. The molecule has 2 saturated heterocycles. The second-order valence-corrected chi connectivity index (χ2v) is 10.9. The minimum atomic E-state index is -0.389. The summed E-state index contributed by atoms with van der Waals surface area (Å²) in [7, 11) is 0. The minimum Gasteiger partial charge on any atom is -0.450 e. The zero-order valence-electron chi connectivity index (χ0n) is 21.8. The average molecular weight is 581 g/mol. The van der Waals surface area contributed by atoms with Crippen molar-refractivity contribution in [3.63, 3.8) is 0 Å². The summed E-state index contributed by atoms with van der Waals surface area (Å²) in [5.74, 6) is -0.560. The molecule has 2 amide bonds. The Labute approximate surface area is 241 Å². The monoisotopic (exact) mass is 580 g/mol. The van der Waals surface area contributed by atoms with E-state index in [2.05, 4.69) is 15.1 Å². The first-order chi connectivity index (χ1) is 19.5. The van der Waals surface area contributed by atoms with E-state index in [9.17, 15) is 14.0 Å². The van der Waals surface area contributed by atoms with E-state index in [1.54, 1.807) is 59.5 Å². The minimum absolute atomic E-state index is 0.116. The van der Waals surface area contributed by atoms with Gasteiger partial charge in [0.2, 0.25) is 0 Å². The van der Waals surface area contributed by atoms with Gasteiger partial charge in [-0.05, 0) is 60.3 Å². The molecule has 0 spiro atoms. The number of furan rings is 1. The molecule has 2 aromatic carbocycles. The van der Waals surface area contributed by atoms with Crippen molar-refractivity contribution in [2.75, 3.05) is 57.4 Å². The second-order valence-electron chi connectivity index (χ2n) is 9.26. The standard InChI is InChI=1S/C29H29FN4O4S2/c30-22-6-8-23(9-7-22)32-12-14-33(15-13-32)28(36)25(31-27(35)21-4-2-1-3-5-21)20-24-10-11-26(38-24)40-29(39)34-16-18-37-19-17-34/h1-11,20H,12-19H2,(H,31,35)/b25-20+. The summed E-state index contributed by atoms with van der Waals surface area (Å²) in [6.45, 7) is 4.80. The van der Waals surface area contributed by atoms with Crippen LogP contribution >= 0.6 is 24.0 Å². The Bertz CT molecular complexity index is 1370. The Hall–Kier alpha value is -3.67. The van der Waals surface area contributed by atoms with Crippen molar-refractivity contribution >= 4 is 51.9 Å². The van der Waals surface area contributed by atoms with Crippen LogP contribution in [0.25, 0.3) is 6.08 Å². The number of rotatable bonds is 6. The molecule has 208 valence electrons. The molecule has 2 aliphatic rings. The Balaban J connectivity index is 1.30. The van der Waals surface area contributed by atoms with Gasteiger partial charge >= 0.3 is 0 Å². The maximum Gasteiger partial charge on any atom is 0.270 e. The molecule has 0 radical (unpaired) electrons. The van der Waals surface area contributed by atoms with Crippen molar-refractivity contribution in [3.8, 4) is 0 Å². The summed E-state index contributed by atoms with van der Waals surface area (Å²) < 4.78 is 25.4. The molecule has 5 rings (SSSR count). The number of piperazine rings is 1. The van der Waals surface area contributed by atoms with Crippen molar-refractivity contribution < 1.29 is 23.1 Å². The molecule has 8 nitrogen and oxygen atoms in total. The largest absolute Gasteiger partial charge is 0.450 e. The van der Waals surface area contributed by atoms with Gasteiger partial charge in [0, 0.05) is 56.6 Å². The Kier molecular flexibility index (Phi) is 9.15. The summed E-state index contributed by atoms with van der Waals surface area (Å²) in [6.07, 6.45) is 1.55. The predicted molar refractivity (Wildman–Crippen MR) is 157 cm³/mol. The van der Waals surface area contributed by atoms with Crippen molar-refractivity contribution in [3.05, 3.63) is 89.6 Å². The first kappa shape index (κ1) is 27.9. The lowest BCUT2D eigenvalue weighted by molar-refractivity contribution is -0.127. The summed E-state index contributed by atoms with van der Waals surface area (Å²) in [4.78, 5) is 32.5.